The minimum Gasteiger partial charge on any atom is -0.481 e. The van der Waals surface area contributed by atoms with Gasteiger partial charge in [0.1, 0.15) is 5.41 Å². The quantitative estimate of drug-likeness (QED) is 0.467. The predicted molar refractivity (Wildman–Crippen MR) is 56.1 cm³/mol. The lowest BCUT2D eigenvalue weighted by Gasteiger charge is -2.25. The van der Waals surface area contributed by atoms with E-state index < -0.39 is 29.4 Å². The van der Waals surface area contributed by atoms with Gasteiger partial charge in [-0.25, -0.2) is 4.79 Å². The van der Waals surface area contributed by atoms with E-state index in [1.807, 2.05) is 0 Å². The van der Waals surface area contributed by atoms with E-state index in [1.165, 1.54) is 6.92 Å². The highest BCUT2D eigenvalue weighted by Gasteiger charge is 2.47. The van der Waals surface area contributed by atoms with Crippen LogP contribution in [0.1, 0.15) is 6.92 Å². The molecule has 2 unspecified atom stereocenters. The summed E-state index contributed by atoms with van der Waals surface area (Å²) in [4.78, 5) is 32.8. The minimum absolute atomic E-state index is 0.0309. The van der Waals surface area contributed by atoms with Crippen LogP contribution in [0.2, 0.25) is 0 Å². The number of aliphatic carboxylic acids is 1. The van der Waals surface area contributed by atoms with Crippen LogP contribution in [0.3, 0.4) is 0 Å². The molecule has 0 radical (unpaired) electrons. The second-order valence-corrected chi connectivity index (χ2v) is 4.08. The average molecular weight is 245 g/mol. The standard InChI is InChI=1S/C9H15N3O5/c1-9(7(14)15)4-17-3-5(9)12-8(16)11-2-6(10)13/h5H,2-4H2,1H3,(H2,10,13)(H,14,15)(H2,11,12,16). The molecule has 8 heteroatoms. The Labute approximate surface area is 97.5 Å². The molecule has 0 aromatic heterocycles. The van der Waals surface area contributed by atoms with Crippen LogP contribution >= 0.6 is 0 Å². The minimum atomic E-state index is -1.16. The summed E-state index contributed by atoms with van der Waals surface area (Å²) in [5.41, 5.74) is 3.69. The number of amides is 3. The van der Waals surface area contributed by atoms with Crippen LogP contribution in [0.15, 0.2) is 0 Å². The summed E-state index contributed by atoms with van der Waals surface area (Å²) in [6.07, 6.45) is 0. The second kappa shape index (κ2) is 5.00. The summed E-state index contributed by atoms with van der Waals surface area (Å²) in [6.45, 7) is 1.33. The Morgan fingerprint density at radius 2 is 2.18 bits per heavy atom. The van der Waals surface area contributed by atoms with Gasteiger partial charge >= 0.3 is 12.0 Å². The molecule has 2 atom stereocenters. The number of nitrogens with one attached hydrogen (secondary N) is 2. The summed E-state index contributed by atoms with van der Waals surface area (Å²) < 4.78 is 5.05. The van der Waals surface area contributed by atoms with E-state index in [-0.39, 0.29) is 19.8 Å². The van der Waals surface area contributed by atoms with Gasteiger partial charge in [0.15, 0.2) is 0 Å². The largest absolute Gasteiger partial charge is 0.481 e. The van der Waals surface area contributed by atoms with Crippen LogP contribution in [0.4, 0.5) is 4.79 Å². The molecule has 17 heavy (non-hydrogen) atoms. The first-order valence-electron chi connectivity index (χ1n) is 5.00. The van der Waals surface area contributed by atoms with Crippen molar-refractivity contribution >= 4 is 17.9 Å². The SMILES string of the molecule is CC1(C(=O)O)COCC1NC(=O)NCC(N)=O. The van der Waals surface area contributed by atoms with E-state index in [2.05, 4.69) is 10.6 Å². The zero-order valence-electron chi connectivity index (χ0n) is 9.36. The smallest absolute Gasteiger partial charge is 0.315 e. The molecule has 96 valence electrons. The molecule has 1 rings (SSSR count). The maximum Gasteiger partial charge on any atom is 0.315 e. The van der Waals surface area contributed by atoms with Crippen molar-refractivity contribution < 1.29 is 24.2 Å². The summed E-state index contributed by atoms with van der Waals surface area (Å²) in [7, 11) is 0. The van der Waals surface area contributed by atoms with Crippen LogP contribution in [0.25, 0.3) is 0 Å². The normalized spacial score (nSPS) is 27.5. The highest BCUT2D eigenvalue weighted by Crippen LogP contribution is 2.28. The number of primary amides is 1. The molecule has 8 nitrogen and oxygen atoms in total. The highest BCUT2D eigenvalue weighted by molar-refractivity contribution is 5.83. The van der Waals surface area contributed by atoms with E-state index >= 15 is 0 Å². The molecule has 1 aliphatic heterocycles. The molecule has 3 amide bonds. The van der Waals surface area contributed by atoms with Gasteiger partial charge in [-0.2, -0.15) is 0 Å². The number of carbonyl (C=O) groups excluding carboxylic acids is 2. The average Bonchev–Trinajstić information content (AvgIpc) is 2.59. The van der Waals surface area contributed by atoms with Gasteiger partial charge in [0.25, 0.3) is 0 Å². The van der Waals surface area contributed by atoms with Gasteiger partial charge in [-0.3, -0.25) is 9.59 Å². The van der Waals surface area contributed by atoms with E-state index in [1.54, 1.807) is 0 Å². The number of carboxylic acids is 1. The molecule has 1 aliphatic rings. The lowest BCUT2D eigenvalue weighted by molar-refractivity contribution is -0.148. The highest BCUT2D eigenvalue weighted by atomic mass is 16.5. The second-order valence-electron chi connectivity index (χ2n) is 4.08. The molecule has 0 spiro atoms. The van der Waals surface area contributed by atoms with Crippen molar-refractivity contribution in [2.45, 2.75) is 13.0 Å². The third kappa shape index (κ3) is 3.06. The Morgan fingerprint density at radius 3 is 2.71 bits per heavy atom. The zero-order chi connectivity index (χ0) is 13.1. The number of hydrogen-bond donors (Lipinski definition) is 4. The molecule has 1 heterocycles. The van der Waals surface area contributed by atoms with Crippen LogP contribution < -0.4 is 16.4 Å². The van der Waals surface area contributed by atoms with E-state index in [9.17, 15) is 14.4 Å². The fourth-order valence-electron chi connectivity index (χ4n) is 1.46. The molecule has 0 aromatic rings. The predicted octanol–water partition coefficient (Wildman–Crippen LogP) is -1.74. The van der Waals surface area contributed by atoms with Crippen molar-refractivity contribution in [1.82, 2.24) is 10.6 Å². The van der Waals surface area contributed by atoms with E-state index in [4.69, 9.17) is 15.6 Å². The summed E-state index contributed by atoms with van der Waals surface area (Å²) >= 11 is 0. The monoisotopic (exact) mass is 245 g/mol. The summed E-state index contributed by atoms with van der Waals surface area (Å²) in [5.74, 6) is -1.72. The molecular formula is C9H15N3O5. The van der Waals surface area contributed by atoms with Crippen molar-refractivity contribution in [3.05, 3.63) is 0 Å². The molecule has 0 aliphatic carbocycles. The molecule has 5 N–H and O–H groups in total. The first kappa shape index (κ1) is 13.2. The molecule has 0 saturated carbocycles. The van der Waals surface area contributed by atoms with Crippen molar-refractivity contribution in [3.63, 3.8) is 0 Å². The van der Waals surface area contributed by atoms with E-state index in [0.717, 1.165) is 0 Å². The lowest BCUT2D eigenvalue weighted by Crippen LogP contribution is -2.53. The number of ether oxygens (including phenoxy) is 1. The van der Waals surface area contributed by atoms with Gasteiger partial charge in [0, 0.05) is 0 Å². The molecule has 0 bridgehead atoms. The summed E-state index contributed by atoms with van der Waals surface area (Å²) in [5, 5.41) is 13.7. The Hall–Kier alpha value is -1.83. The third-order valence-electron chi connectivity index (χ3n) is 2.67. The van der Waals surface area contributed by atoms with Crippen LogP contribution in [-0.4, -0.2) is 48.8 Å². The number of urea groups is 1. The van der Waals surface area contributed by atoms with Gasteiger partial charge in [-0.05, 0) is 6.92 Å². The topological polar surface area (TPSA) is 131 Å². The van der Waals surface area contributed by atoms with E-state index in [0.29, 0.717) is 0 Å². The van der Waals surface area contributed by atoms with Gasteiger partial charge in [-0.1, -0.05) is 0 Å². The zero-order valence-corrected chi connectivity index (χ0v) is 9.36. The first-order valence-corrected chi connectivity index (χ1v) is 5.00. The number of rotatable bonds is 4. The van der Waals surface area contributed by atoms with Crippen molar-refractivity contribution in [2.75, 3.05) is 19.8 Å². The number of nitrogens with two attached hydrogens (primary N) is 1. The molecule has 1 fully saturated rings. The van der Waals surface area contributed by atoms with Crippen molar-refractivity contribution in [1.29, 1.82) is 0 Å². The Kier molecular flexibility index (Phi) is 3.89. The number of carbonyl (C=O) groups is 3. The Balaban J connectivity index is 2.53. The van der Waals surface area contributed by atoms with Gasteiger partial charge in [-0.15, -0.1) is 0 Å². The molecule has 0 aromatic carbocycles. The molecular weight excluding hydrogens is 230 g/mol. The Bertz CT molecular complexity index is 346. The van der Waals surface area contributed by atoms with Crippen LogP contribution in [-0.2, 0) is 14.3 Å². The summed E-state index contributed by atoms with van der Waals surface area (Å²) in [6, 6.07) is -1.29. The van der Waals surface area contributed by atoms with Crippen LogP contribution in [0.5, 0.6) is 0 Å². The molecule has 1 saturated heterocycles. The maximum absolute atomic E-state index is 11.3. The first-order chi connectivity index (χ1) is 7.86. The van der Waals surface area contributed by atoms with Crippen molar-refractivity contribution in [2.24, 2.45) is 11.1 Å². The fraction of sp³-hybridized carbons (Fsp3) is 0.667. The van der Waals surface area contributed by atoms with Crippen molar-refractivity contribution in [3.8, 4) is 0 Å². The van der Waals surface area contributed by atoms with Gasteiger partial charge in [0.05, 0.1) is 25.8 Å². The number of hydrogen-bond acceptors (Lipinski definition) is 4. The number of carboxylic acid groups (broad SMARTS) is 1. The third-order valence-corrected chi connectivity index (χ3v) is 2.67. The van der Waals surface area contributed by atoms with Gasteiger partial charge < -0.3 is 26.2 Å². The Morgan fingerprint density at radius 1 is 1.53 bits per heavy atom. The van der Waals surface area contributed by atoms with Crippen LogP contribution in [0, 0.1) is 5.41 Å². The lowest BCUT2D eigenvalue weighted by atomic mass is 9.85. The maximum atomic E-state index is 11.3. The van der Waals surface area contributed by atoms with Gasteiger partial charge in [0.2, 0.25) is 5.91 Å². The fourth-order valence-corrected chi connectivity index (χ4v) is 1.46.